The Hall–Kier alpha value is -7.05. The summed E-state index contributed by atoms with van der Waals surface area (Å²) in [5.41, 5.74) is 8.87. The Morgan fingerprint density at radius 1 is 0.412 bits per heavy atom. The fraction of sp³-hybridized carbons (Fsp3) is 0.677. The molecule has 0 spiro atoms. The molecule has 0 amide bonds. The number of aryl methyl sites for hydroxylation is 1. The molecular weight excluding hydrogens is 1500 g/mol. The van der Waals surface area contributed by atoms with Gasteiger partial charge < -0.3 is 23.5 Å². The molecule has 21 rings (SSSR count). The van der Waals surface area contributed by atoms with Crippen molar-refractivity contribution in [2.24, 2.45) is 0 Å². The molecule has 0 radical (unpaired) electrons. The molecule has 12 bridgehead atoms. The lowest BCUT2D eigenvalue weighted by Gasteiger charge is -2.59. The first-order valence-electron chi connectivity index (χ1n) is 44.6. The van der Waals surface area contributed by atoms with E-state index < -0.39 is 0 Å². The van der Waals surface area contributed by atoms with Crippen molar-refractivity contribution in [2.45, 2.75) is 303 Å². The number of benzene rings is 1. The van der Waals surface area contributed by atoms with Gasteiger partial charge in [-0.2, -0.15) is 0 Å². The van der Waals surface area contributed by atoms with Crippen molar-refractivity contribution < 1.29 is 27.9 Å². The van der Waals surface area contributed by atoms with Crippen molar-refractivity contribution in [1.29, 1.82) is 0 Å². The van der Waals surface area contributed by atoms with Crippen molar-refractivity contribution >= 4 is 10.9 Å². The third-order valence-electron chi connectivity index (χ3n) is 27.6. The predicted molar refractivity (Wildman–Crippen MR) is 467 cm³/mol. The largest absolute Gasteiger partial charge is 0.491 e. The van der Waals surface area contributed by atoms with E-state index in [1.165, 1.54) is 126 Å². The Balaban J connectivity index is 0.000000117. The zero-order valence-corrected chi connectivity index (χ0v) is 75.4. The van der Waals surface area contributed by atoms with Gasteiger partial charge in [0.15, 0.2) is 11.6 Å². The maximum atomic E-state index is 13.9. The smallest absolute Gasteiger partial charge is 0.316 e. The Morgan fingerprint density at radius 2 is 0.824 bits per heavy atom. The molecule has 1 aromatic carbocycles. The molecule has 7 aromatic rings. The molecule has 0 saturated carbocycles. The number of nitrogens with zero attached hydrogens (tertiary/aromatic N) is 20. The lowest BCUT2D eigenvalue weighted by Crippen LogP contribution is -2.70. The summed E-state index contributed by atoms with van der Waals surface area (Å²) >= 11 is 0. The van der Waals surface area contributed by atoms with E-state index >= 15 is 0 Å². The van der Waals surface area contributed by atoms with Crippen LogP contribution >= 0.6 is 0 Å². The van der Waals surface area contributed by atoms with E-state index in [1.54, 1.807) is 46.0 Å². The number of piperazine rings is 6. The highest BCUT2D eigenvalue weighted by atomic mass is 19.1. The summed E-state index contributed by atoms with van der Waals surface area (Å²) < 4.78 is 39.7. The van der Waals surface area contributed by atoms with Crippen molar-refractivity contribution in [1.82, 2.24) is 98.8 Å². The van der Waals surface area contributed by atoms with Gasteiger partial charge in [-0.1, -0.05) is 17.3 Å². The third-order valence-corrected chi connectivity index (χ3v) is 27.6. The highest BCUT2D eigenvalue weighted by Gasteiger charge is 2.51. The highest BCUT2D eigenvalue weighted by Crippen LogP contribution is 2.42. The molecule has 119 heavy (non-hydrogen) atoms. The lowest BCUT2D eigenvalue weighted by molar-refractivity contribution is -0.100. The van der Waals surface area contributed by atoms with E-state index in [0.717, 1.165) is 105 Å². The first kappa shape index (κ1) is 88.3. The summed E-state index contributed by atoms with van der Waals surface area (Å²) in [6.07, 6.45) is 22.7. The average Bonchev–Trinajstić information content (AvgIpc) is 1.04. The number of hydrogen-bond acceptors (Lipinski definition) is 25. The number of likely N-dealkylation sites (tertiary alicyclic amines) is 8. The standard InChI is InChI=1S/C19H25N3.C16H24FN3O.C16H25N3O2.C15H24N4O.C14H23N3O.C13H20N4/c1-19(2,3)21-12-16-10-17(13-21)22(16)11-14-6-7-18-15(9-14)5-4-8-20-18;1-4-21-16-15(17)5-12(7-18-16)8-20-13-6-14(20)10-19(9-13)11(2)3;1-11(2)18-9-13-6-14(10-18)19(13)8-12-5-15(20-3)16(21-4)17-7-12;1-15(2,3)18-9-12-5-13(10-18)19(12)8-11-6-16-14(20-4)17-7-11;1-10-5-11(15-18-10)7-17-12-6-13(17)9-16(8-12)14(2,3)4;1-10(2)16-8-12-5-13(9-16)17(12)7-11-6-14-3-4-15-11/h4-9,16-17H,10-13H2,1-3H3;5,7,11,13-14H,4,6,8-10H2,1-3H3;5,7,11,13-14H,6,8-10H2,1-4H3;6-7,12-13H,5,8-10H2,1-4H3;5,12-13H,6-9H2,1-4H3;3-4,6,10,12-13H,5,7-9H2,1-2H3. The fourth-order valence-electron chi connectivity index (χ4n) is 20.2. The van der Waals surface area contributed by atoms with Gasteiger partial charge in [-0.25, -0.2) is 24.3 Å². The molecule has 0 N–H and O–H groups in total. The number of aromatic nitrogens is 8. The Morgan fingerprint density at radius 3 is 1.21 bits per heavy atom. The second-order valence-corrected chi connectivity index (χ2v) is 39.5. The van der Waals surface area contributed by atoms with E-state index in [0.29, 0.717) is 102 Å². The summed E-state index contributed by atoms with van der Waals surface area (Å²) in [5.74, 6) is 1.92. The molecule has 0 aliphatic carbocycles. The van der Waals surface area contributed by atoms with Gasteiger partial charge in [0.05, 0.1) is 44.8 Å². The molecule has 14 aliphatic heterocycles. The minimum Gasteiger partial charge on any atom is -0.491 e. The maximum absolute atomic E-state index is 13.9. The van der Waals surface area contributed by atoms with Gasteiger partial charge >= 0.3 is 6.01 Å². The van der Waals surface area contributed by atoms with Gasteiger partial charge in [0, 0.05) is 292 Å². The van der Waals surface area contributed by atoms with Crippen LogP contribution in [0, 0.1) is 12.7 Å². The third kappa shape index (κ3) is 21.2. The van der Waals surface area contributed by atoms with Crippen molar-refractivity contribution in [3.05, 3.63) is 143 Å². The number of rotatable bonds is 20. The topological polar surface area (TPSA) is 192 Å². The van der Waals surface area contributed by atoms with Crippen LogP contribution in [0.15, 0.2) is 103 Å². The van der Waals surface area contributed by atoms with Gasteiger partial charge in [-0.3, -0.25) is 73.8 Å². The number of hydrogen-bond donors (Lipinski definition) is 0. The second kappa shape index (κ2) is 38.0. The summed E-state index contributed by atoms with van der Waals surface area (Å²) in [4.78, 5) is 60.8. The van der Waals surface area contributed by atoms with E-state index in [2.05, 4.69) is 233 Å². The van der Waals surface area contributed by atoms with Crippen molar-refractivity contribution in [2.75, 3.05) is 106 Å². The number of methoxy groups -OCH3 is 3. The minimum absolute atomic E-state index is 0.107. The predicted octanol–water partition coefficient (Wildman–Crippen LogP) is 12.1. The maximum Gasteiger partial charge on any atom is 0.316 e. The van der Waals surface area contributed by atoms with E-state index in [1.807, 2.05) is 57.0 Å². The molecule has 25 nitrogen and oxygen atoms in total. The zero-order chi connectivity index (χ0) is 84.4. The van der Waals surface area contributed by atoms with Crippen LogP contribution in [-0.4, -0.2) is 313 Å². The highest BCUT2D eigenvalue weighted by molar-refractivity contribution is 5.78. The fourth-order valence-corrected chi connectivity index (χ4v) is 20.2. The lowest BCUT2D eigenvalue weighted by atomic mass is 9.84. The SMILES string of the molecule is CC(C)(C)N1CC2CC(C1)N2Cc1ccc2ncccc2c1.CC(C)N1CC2CC(C1)N2Cc1cnccn1.CCOc1ncc(CN2C3CC2CN(C(C)C)C3)cc1F.COc1cc(CN2C3CC2CN(C(C)C)C3)cnc1OC.COc1ncc(CN2C3CC2CN(C(C)(C)C)C3)cn1.Cc1cc(CN2C3CC2CN(C(C)(C)C)C3)no1. The van der Waals surface area contributed by atoms with Crippen molar-refractivity contribution in [3.63, 3.8) is 0 Å². The van der Waals surface area contributed by atoms with Crippen LogP contribution in [0.2, 0.25) is 0 Å². The summed E-state index contributed by atoms with van der Waals surface area (Å²) in [6.45, 7) is 58.6. The Bertz CT molecular complexity index is 4330. The summed E-state index contributed by atoms with van der Waals surface area (Å²) in [7, 11) is 4.86. The quantitative estimate of drug-likeness (QED) is 0.0699. The molecule has 6 aromatic heterocycles. The van der Waals surface area contributed by atoms with Crippen LogP contribution in [0.1, 0.15) is 189 Å². The van der Waals surface area contributed by atoms with Gasteiger partial charge in [0.1, 0.15) is 5.76 Å². The molecule has 650 valence electrons. The minimum atomic E-state index is -0.358. The van der Waals surface area contributed by atoms with Crippen molar-refractivity contribution in [3.8, 4) is 23.5 Å². The van der Waals surface area contributed by atoms with Gasteiger partial charge in [0.25, 0.3) is 5.88 Å². The summed E-state index contributed by atoms with van der Waals surface area (Å²) in [5, 5.41) is 5.35. The number of halogens is 1. The van der Waals surface area contributed by atoms with Crippen LogP contribution in [0.3, 0.4) is 0 Å². The first-order valence-corrected chi connectivity index (χ1v) is 44.6. The van der Waals surface area contributed by atoms with Gasteiger partial charge in [0.2, 0.25) is 5.88 Å². The van der Waals surface area contributed by atoms with Crippen LogP contribution in [-0.2, 0) is 39.3 Å². The normalized spacial score (nSPS) is 27.2. The van der Waals surface area contributed by atoms with Crippen LogP contribution in [0.5, 0.6) is 23.5 Å². The number of pyridine rings is 3. The molecule has 14 saturated heterocycles. The molecule has 26 heteroatoms. The van der Waals surface area contributed by atoms with E-state index in [9.17, 15) is 4.39 Å². The first-order chi connectivity index (χ1) is 56.8. The second-order valence-electron chi connectivity index (χ2n) is 39.5. The van der Waals surface area contributed by atoms with Crippen LogP contribution < -0.4 is 18.9 Å². The van der Waals surface area contributed by atoms with Crippen LogP contribution in [0.25, 0.3) is 10.9 Å². The molecular formula is C93H141FN20O5. The van der Waals surface area contributed by atoms with Gasteiger partial charge in [-0.05, 0) is 203 Å². The Kier molecular flexibility index (Phi) is 28.2. The zero-order valence-electron chi connectivity index (χ0n) is 75.4. The van der Waals surface area contributed by atoms with E-state index in [-0.39, 0.29) is 17.2 Å². The molecule has 12 unspecified atom stereocenters. The van der Waals surface area contributed by atoms with E-state index in [4.69, 9.17) is 23.5 Å². The molecule has 12 atom stereocenters. The molecule has 14 aliphatic rings. The van der Waals surface area contributed by atoms with Crippen LogP contribution in [0.4, 0.5) is 4.39 Å². The molecule has 20 heterocycles. The molecule has 14 fully saturated rings. The monoisotopic (exact) mass is 1640 g/mol. The number of ether oxygens (including phenoxy) is 4. The van der Waals surface area contributed by atoms with Gasteiger partial charge in [-0.15, -0.1) is 0 Å². The number of piperidine rings is 6. The number of fused-ring (bicyclic) bond motifs is 13. The Labute approximate surface area is 710 Å². The summed E-state index contributed by atoms with van der Waals surface area (Å²) in [6, 6.07) is 27.3. The average molecular weight is 1640 g/mol.